The number of amides is 2. The summed E-state index contributed by atoms with van der Waals surface area (Å²) < 4.78 is 26.5. The van der Waals surface area contributed by atoms with Crippen LogP contribution in [0.3, 0.4) is 0 Å². The number of rotatable bonds is 5. The van der Waals surface area contributed by atoms with Gasteiger partial charge >= 0.3 is 6.03 Å². The topological polar surface area (TPSA) is 121 Å². The summed E-state index contributed by atoms with van der Waals surface area (Å²) in [6, 6.07) is 13.3. The number of aryl methyl sites for hydroxylation is 1. The highest BCUT2D eigenvalue weighted by Gasteiger charge is 2.21. The van der Waals surface area contributed by atoms with E-state index in [2.05, 4.69) is 26.9 Å². The lowest BCUT2D eigenvalue weighted by Crippen LogP contribution is -2.45. The summed E-state index contributed by atoms with van der Waals surface area (Å²) in [6.45, 7) is 2.07. The molecule has 176 valence electrons. The van der Waals surface area contributed by atoms with Gasteiger partial charge in [0.1, 0.15) is 0 Å². The van der Waals surface area contributed by atoms with Crippen LogP contribution in [0, 0.1) is 0 Å². The van der Waals surface area contributed by atoms with Crippen molar-refractivity contribution < 1.29 is 13.2 Å². The van der Waals surface area contributed by atoms with Crippen LogP contribution in [0.1, 0.15) is 51.0 Å². The second-order valence-corrected chi connectivity index (χ2v) is 9.74. The summed E-state index contributed by atoms with van der Waals surface area (Å²) >= 11 is 0. The molecule has 1 heterocycles. The number of hydrogen-bond acceptors (Lipinski definition) is 5. The van der Waals surface area contributed by atoms with Crippen LogP contribution in [0.5, 0.6) is 0 Å². The largest absolute Gasteiger partial charge is 0.335 e. The molecule has 2 aromatic carbocycles. The van der Waals surface area contributed by atoms with Crippen molar-refractivity contribution >= 4 is 27.0 Å². The predicted octanol–water partition coefficient (Wildman–Crippen LogP) is 3.88. The molecule has 0 spiro atoms. The van der Waals surface area contributed by atoms with Crippen molar-refractivity contribution in [1.29, 1.82) is 0 Å². The molecular weight excluding hydrogens is 440 g/mol. The van der Waals surface area contributed by atoms with Crippen molar-refractivity contribution in [3.8, 4) is 0 Å². The predicted molar refractivity (Wildman–Crippen MR) is 129 cm³/mol. The van der Waals surface area contributed by atoms with E-state index in [9.17, 15) is 18.0 Å². The lowest BCUT2D eigenvalue weighted by atomic mass is 9.96. The molecule has 0 atom stereocenters. The van der Waals surface area contributed by atoms with Gasteiger partial charge in [0.15, 0.2) is 0 Å². The Bertz CT molecular complexity index is 1210. The Morgan fingerprint density at radius 3 is 2.42 bits per heavy atom. The van der Waals surface area contributed by atoms with Gasteiger partial charge in [-0.25, -0.2) is 22.9 Å². The minimum absolute atomic E-state index is 0.0795. The Balaban J connectivity index is 0.000000231. The minimum Gasteiger partial charge on any atom is -0.335 e. The molecule has 1 aliphatic carbocycles. The second-order valence-electron chi connectivity index (χ2n) is 8.06. The quantitative estimate of drug-likeness (QED) is 0.522. The van der Waals surface area contributed by atoms with E-state index in [1.54, 1.807) is 30.3 Å². The number of H-pyrrole nitrogens is 1. The first-order valence-corrected chi connectivity index (χ1v) is 12.7. The van der Waals surface area contributed by atoms with Crippen LogP contribution in [0.2, 0.25) is 0 Å². The highest BCUT2D eigenvalue weighted by atomic mass is 32.2. The molecule has 4 rings (SSSR count). The van der Waals surface area contributed by atoms with Gasteiger partial charge in [-0.15, -0.1) is 0 Å². The SMILES string of the molecule is CCCc1ccc(S(=O)(=O)NC(=O)NC2CCCCC2)cc1.O=c1[nH]cnc2ccccc12. The van der Waals surface area contributed by atoms with Gasteiger partial charge in [0.05, 0.1) is 22.1 Å². The number of sulfonamides is 1. The molecule has 1 aliphatic rings. The fourth-order valence-electron chi connectivity index (χ4n) is 3.78. The number of hydrogen-bond donors (Lipinski definition) is 3. The number of aromatic nitrogens is 2. The zero-order valence-electron chi connectivity index (χ0n) is 18.7. The number of benzene rings is 2. The number of nitrogens with one attached hydrogen (secondary N) is 3. The molecule has 3 aromatic rings. The number of fused-ring (bicyclic) bond motifs is 1. The van der Waals surface area contributed by atoms with E-state index in [1.807, 2.05) is 18.2 Å². The van der Waals surface area contributed by atoms with Gasteiger partial charge in [-0.05, 0) is 49.1 Å². The van der Waals surface area contributed by atoms with E-state index < -0.39 is 16.1 Å². The third-order valence-electron chi connectivity index (χ3n) is 5.49. The van der Waals surface area contributed by atoms with E-state index in [4.69, 9.17) is 0 Å². The van der Waals surface area contributed by atoms with Crippen LogP contribution in [-0.4, -0.2) is 30.5 Å². The maximum Gasteiger partial charge on any atom is 0.328 e. The van der Waals surface area contributed by atoms with Crippen molar-refractivity contribution in [2.45, 2.75) is 62.8 Å². The van der Waals surface area contributed by atoms with Gasteiger partial charge in [0, 0.05) is 6.04 Å². The number of aromatic amines is 1. The van der Waals surface area contributed by atoms with E-state index in [0.717, 1.165) is 49.6 Å². The van der Waals surface area contributed by atoms with Crippen LogP contribution in [-0.2, 0) is 16.4 Å². The molecule has 0 aliphatic heterocycles. The minimum atomic E-state index is -3.80. The van der Waals surface area contributed by atoms with Crippen LogP contribution >= 0.6 is 0 Å². The first kappa shape index (κ1) is 24.4. The molecule has 3 N–H and O–H groups in total. The van der Waals surface area contributed by atoms with Crippen LogP contribution in [0.15, 0.2) is 64.5 Å². The fraction of sp³-hybridized carbons (Fsp3) is 0.375. The van der Waals surface area contributed by atoms with E-state index >= 15 is 0 Å². The van der Waals surface area contributed by atoms with Gasteiger partial charge in [0.2, 0.25) is 0 Å². The summed E-state index contributed by atoms with van der Waals surface area (Å²) in [4.78, 5) is 29.6. The van der Waals surface area contributed by atoms with Crippen LogP contribution in [0.4, 0.5) is 4.79 Å². The Labute approximate surface area is 193 Å². The number of para-hydroxylation sites is 1. The van der Waals surface area contributed by atoms with Crippen LogP contribution < -0.4 is 15.6 Å². The Hall–Kier alpha value is -3.20. The molecule has 33 heavy (non-hydrogen) atoms. The first-order valence-electron chi connectivity index (χ1n) is 11.2. The summed E-state index contributed by atoms with van der Waals surface area (Å²) in [6.07, 6.45) is 8.50. The van der Waals surface area contributed by atoms with Gasteiger partial charge in [-0.2, -0.15) is 0 Å². The molecule has 8 nitrogen and oxygen atoms in total. The molecule has 9 heteroatoms. The molecule has 0 saturated heterocycles. The third kappa shape index (κ3) is 7.15. The van der Waals surface area contributed by atoms with Crippen molar-refractivity contribution in [1.82, 2.24) is 20.0 Å². The highest BCUT2D eigenvalue weighted by Crippen LogP contribution is 2.17. The normalized spacial score (nSPS) is 14.2. The van der Waals surface area contributed by atoms with Crippen molar-refractivity contribution in [2.24, 2.45) is 0 Å². The molecule has 2 amide bonds. The number of carbonyl (C=O) groups is 1. The molecule has 1 aromatic heterocycles. The number of carbonyl (C=O) groups excluding carboxylic acids is 1. The summed E-state index contributed by atoms with van der Waals surface area (Å²) in [7, 11) is -3.80. The molecule has 0 radical (unpaired) electrons. The van der Waals surface area contributed by atoms with E-state index in [1.165, 1.54) is 12.7 Å². The lowest BCUT2D eigenvalue weighted by molar-refractivity contribution is 0.237. The number of nitrogens with zero attached hydrogens (tertiary/aromatic N) is 1. The Kier molecular flexibility index (Phi) is 8.59. The zero-order chi connectivity index (χ0) is 23.7. The molecule has 0 bridgehead atoms. The molecule has 1 fully saturated rings. The summed E-state index contributed by atoms with van der Waals surface area (Å²) in [5.74, 6) is 0. The summed E-state index contributed by atoms with van der Waals surface area (Å²) in [5, 5.41) is 3.38. The zero-order valence-corrected chi connectivity index (χ0v) is 19.5. The second kappa shape index (κ2) is 11.6. The van der Waals surface area contributed by atoms with Crippen molar-refractivity contribution in [2.75, 3.05) is 0 Å². The third-order valence-corrected chi connectivity index (χ3v) is 6.83. The average Bonchev–Trinajstić information content (AvgIpc) is 2.81. The summed E-state index contributed by atoms with van der Waals surface area (Å²) in [5.41, 5.74) is 1.74. The maximum atomic E-state index is 12.2. The Morgan fingerprint density at radius 1 is 1.06 bits per heavy atom. The first-order chi connectivity index (χ1) is 15.9. The van der Waals surface area contributed by atoms with Gasteiger partial charge in [-0.1, -0.05) is 56.9 Å². The van der Waals surface area contributed by atoms with E-state index in [0.29, 0.717) is 5.39 Å². The standard InChI is InChI=1S/C16H24N2O3S.C8H6N2O/c1-2-6-13-9-11-15(12-10-13)22(20,21)18-16(19)17-14-7-4-3-5-8-14;11-8-6-3-1-2-4-7(6)9-5-10-8/h9-12,14H,2-8H2,1H3,(H2,17,18,19);1-5H,(H,9,10,11). The lowest BCUT2D eigenvalue weighted by Gasteiger charge is -2.22. The fourth-order valence-corrected chi connectivity index (χ4v) is 4.70. The smallest absolute Gasteiger partial charge is 0.328 e. The highest BCUT2D eigenvalue weighted by molar-refractivity contribution is 7.90. The average molecular weight is 471 g/mol. The monoisotopic (exact) mass is 470 g/mol. The van der Waals surface area contributed by atoms with Gasteiger partial charge in [0.25, 0.3) is 15.6 Å². The van der Waals surface area contributed by atoms with Gasteiger partial charge < -0.3 is 10.3 Å². The molecule has 0 unspecified atom stereocenters. The van der Waals surface area contributed by atoms with Crippen LogP contribution in [0.25, 0.3) is 10.9 Å². The van der Waals surface area contributed by atoms with Gasteiger partial charge in [-0.3, -0.25) is 4.79 Å². The van der Waals surface area contributed by atoms with E-state index in [-0.39, 0.29) is 16.5 Å². The number of urea groups is 1. The maximum absolute atomic E-state index is 12.2. The molecule has 1 saturated carbocycles. The van der Waals surface area contributed by atoms with Crippen molar-refractivity contribution in [3.63, 3.8) is 0 Å². The Morgan fingerprint density at radius 2 is 1.76 bits per heavy atom. The molecular formula is C24H30N4O4S. The van der Waals surface area contributed by atoms with Crippen molar-refractivity contribution in [3.05, 3.63) is 70.8 Å².